The van der Waals surface area contributed by atoms with Crippen molar-refractivity contribution in [2.24, 2.45) is 5.92 Å². The number of aromatic nitrogens is 1. The van der Waals surface area contributed by atoms with Crippen LogP contribution < -0.4 is 20.9 Å². The molecule has 0 saturated carbocycles. The Morgan fingerprint density at radius 1 is 1.18 bits per heavy atom. The molecule has 3 atom stereocenters. The molecule has 3 amide bonds. The van der Waals surface area contributed by atoms with Crippen molar-refractivity contribution < 1.29 is 19.1 Å². The van der Waals surface area contributed by atoms with E-state index >= 15 is 0 Å². The van der Waals surface area contributed by atoms with Gasteiger partial charge in [0.25, 0.3) is 5.91 Å². The molecule has 34 heavy (non-hydrogen) atoms. The van der Waals surface area contributed by atoms with Gasteiger partial charge in [0.05, 0.1) is 16.8 Å². The van der Waals surface area contributed by atoms with Gasteiger partial charge in [0.15, 0.2) is 6.23 Å². The van der Waals surface area contributed by atoms with Crippen LogP contribution in [0.5, 0.6) is 0 Å². The Bertz CT molecular complexity index is 1060. The first-order valence-corrected chi connectivity index (χ1v) is 11.5. The van der Waals surface area contributed by atoms with Gasteiger partial charge >= 0.3 is 6.09 Å². The van der Waals surface area contributed by atoms with Crippen LogP contribution in [-0.2, 0) is 20.7 Å². The summed E-state index contributed by atoms with van der Waals surface area (Å²) in [5.74, 6) is -0.524. The summed E-state index contributed by atoms with van der Waals surface area (Å²) in [4.78, 5) is 44.7. The molecule has 1 aromatic heterocycles. The fourth-order valence-corrected chi connectivity index (χ4v) is 3.95. The molecule has 3 N–H and O–H groups in total. The Labute approximate surface area is 204 Å². The molecule has 0 saturated heterocycles. The van der Waals surface area contributed by atoms with Crippen molar-refractivity contribution in [1.29, 1.82) is 0 Å². The second kappa shape index (κ2) is 10.8. The monoisotopic (exact) mass is 487 g/mol. The van der Waals surface area contributed by atoms with E-state index in [2.05, 4.69) is 20.9 Å². The van der Waals surface area contributed by atoms with Gasteiger partial charge in [0, 0.05) is 18.2 Å². The summed E-state index contributed by atoms with van der Waals surface area (Å²) in [5, 5.41) is 8.72. The molecule has 2 aromatic rings. The minimum atomic E-state index is -0.930. The fraction of sp³-hybridized carbons (Fsp3) is 0.417. The molecular weight excluding hydrogens is 458 g/mol. The second-order valence-corrected chi connectivity index (χ2v) is 8.96. The smallest absolute Gasteiger partial charge is 0.413 e. The van der Waals surface area contributed by atoms with Gasteiger partial charge in [0.1, 0.15) is 11.9 Å². The van der Waals surface area contributed by atoms with Crippen molar-refractivity contribution >= 4 is 41.0 Å². The van der Waals surface area contributed by atoms with E-state index in [9.17, 15) is 14.4 Å². The van der Waals surface area contributed by atoms with Gasteiger partial charge < -0.3 is 15.4 Å². The summed E-state index contributed by atoms with van der Waals surface area (Å²) in [6, 6.07) is 7.53. The Morgan fingerprint density at radius 3 is 2.56 bits per heavy atom. The molecular formula is C24H30ClN5O4. The van der Waals surface area contributed by atoms with E-state index in [1.54, 1.807) is 38.4 Å². The summed E-state index contributed by atoms with van der Waals surface area (Å²) in [5.41, 5.74) is 1.98. The quantitative estimate of drug-likeness (QED) is 0.552. The van der Waals surface area contributed by atoms with Crippen molar-refractivity contribution in [1.82, 2.24) is 15.6 Å². The normalized spacial score (nSPS) is 16.6. The number of nitrogens with zero attached hydrogens (tertiary/aromatic N) is 2. The highest BCUT2D eigenvalue weighted by Crippen LogP contribution is 2.32. The molecule has 9 nitrogen and oxygen atoms in total. The molecule has 1 aliphatic rings. The zero-order chi connectivity index (χ0) is 25.0. The summed E-state index contributed by atoms with van der Waals surface area (Å²) in [6.07, 6.45) is 0.164. The maximum Gasteiger partial charge on any atom is 0.413 e. The number of pyridine rings is 1. The van der Waals surface area contributed by atoms with Gasteiger partial charge in [0.2, 0.25) is 5.91 Å². The van der Waals surface area contributed by atoms with Gasteiger partial charge in [-0.2, -0.15) is 0 Å². The number of aryl methyl sites for hydroxylation is 1. The standard InChI is InChI=1S/C24H30ClN5O4/c1-13(2)19(28-22(31)15(4)26-5)23(32)30-18(12-16-9-7-11-27-21(16)30)34-24(33)29-20-14(3)8-6-10-17(20)25/h6-11,13,15,18-19,26H,12H2,1-5H3,(H,28,31)(H,29,33)/t15-,18-,19-/m0/s1. The first-order valence-electron chi connectivity index (χ1n) is 11.1. The lowest BCUT2D eigenvalue weighted by atomic mass is 10.0. The molecule has 0 bridgehead atoms. The zero-order valence-corrected chi connectivity index (χ0v) is 20.6. The molecule has 2 heterocycles. The number of carbonyl (C=O) groups is 3. The predicted octanol–water partition coefficient (Wildman–Crippen LogP) is 3.26. The third-order valence-corrected chi connectivity index (χ3v) is 6.08. The van der Waals surface area contributed by atoms with Crippen molar-refractivity contribution in [2.75, 3.05) is 17.3 Å². The van der Waals surface area contributed by atoms with Gasteiger partial charge in [-0.1, -0.05) is 43.6 Å². The molecule has 10 heteroatoms. The number of amides is 3. The Morgan fingerprint density at radius 2 is 1.91 bits per heavy atom. The number of nitrogens with one attached hydrogen (secondary N) is 3. The molecule has 0 aliphatic carbocycles. The van der Waals surface area contributed by atoms with Gasteiger partial charge in [-0.15, -0.1) is 0 Å². The molecule has 1 aliphatic heterocycles. The second-order valence-electron chi connectivity index (χ2n) is 8.56. The molecule has 1 aromatic carbocycles. The van der Waals surface area contributed by atoms with Crippen LogP contribution in [0.2, 0.25) is 5.02 Å². The van der Waals surface area contributed by atoms with E-state index in [1.165, 1.54) is 4.90 Å². The number of rotatable bonds is 7. The zero-order valence-electron chi connectivity index (χ0n) is 19.9. The van der Waals surface area contributed by atoms with Gasteiger partial charge in [-0.05, 0) is 44.5 Å². The number of halogens is 1. The molecule has 0 radical (unpaired) electrons. The van der Waals surface area contributed by atoms with Crippen LogP contribution in [0.25, 0.3) is 0 Å². The number of hydrogen-bond acceptors (Lipinski definition) is 6. The highest BCUT2D eigenvalue weighted by molar-refractivity contribution is 6.33. The maximum atomic E-state index is 13.7. The highest BCUT2D eigenvalue weighted by atomic mass is 35.5. The van der Waals surface area contributed by atoms with Crippen LogP contribution in [0.15, 0.2) is 36.5 Å². The summed E-state index contributed by atoms with van der Waals surface area (Å²) in [7, 11) is 1.67. The third-order valence-electron chi connectivity index (χ3n) is 5.76. The number of ether oxygens (including phenoxy) is 1. The van der Waals surface area contributed by atoms with Crippen LogP contribution in [-0.4, -0.2) is 48.3 Å². The fourth-order valence-electron chi connectivity index (χ4n) is 3.68. The van der Waals surface area contributed by atoms with E-state index in [0.717, 1.165) is 11.1 Å². The molecule has 0 spiro atoms. The number of para-hydroxylation sites is 1. The van der Waals surface area contributed by atoms with Crippen LogP contribution in [0, 0.1) is 12.8 Å². The molecule has 0 fully saturated rings. The number of benzene rings is 1. The molecule has 0 unspecified atom stereocenters. The first-order chi connectivity index (χ1) is 16.1. The van der Waals surface area contributed by atoms with E-state index in [1.807, 2.05) is 32.9 Å². The van der Waals surface area contributed by atoms with Crippen molar-refractivity contribution in [3.63, 3.8) is 0 Å². The lowest BCUT2D eigenvalue weighted by Crippen LogP contribution is -2.56. The number of anilines is 2. The van der Waals surface area contributed by atoms with Crippen LogP contribution in [0.3, 0.4) is 0 Å². The Hall–Kier alpha value is -3.17. The highest BCUT2D eigenvalue weighted by Gasteiger charge is 2.41. The largest absolute Gasteiger partial charge is 0.424 e. The Kier molecular flexibility index (Phi) is 8.11. The van der Waals surface area contributed by atoms with Gasteiger partial charge in [-0.3, -0.25) is 19.8 Å². The lowest BCUT2D eigenvalue weighted by molar-refractivity contribution is -0.130. The van der Waals surface area contributed by atoms with Crippen molar-refractivity contribution in [2.45, 2.75) is 52.4 Å². The maximum absolute atomic E-state index is 13.7. The number of hydrogen-bond donors (Lipinski definition) is 3. The number of fused-ring (bicyclic) bond motifs is 1. The summed E-state index contributed by atoms with van der Waals surface area (Å²) < 4.78 is 5.68. The van der Waals surface area contributed by atoms with E-state index in [4.69, 9.17) is 16.3 Å². The topological polar surface area (TPSA) is 113 Å². The molecule has 182 valence electrons. The average molecular weight is 488 g/mol. The minimum absolute atomic E-state index is 0.214. The van der Waals surface area contributed by atoms with Gasteiger partial charge in [-0.25, -0.2) is 9.78 Å². The predicted molar refractivity (Wildman–Crippen MR) is 131 cm³/mol. The summed E-state index contributed by atoms with van der Waals surface area (Å²) in [6.45, 7) is 7.20. The van der Waals surface area contributed by atoms with Crippen molar-refractivity contribution in [3.05, 3.63) is 52.7 Å². The van der Waals surface area contributed by atoms with E-state index < -0.39 is 30.3 Å². The summed E-state index contributed by atoms with van der Waals surface area (Å²) >= 11 is 6.21. The van der Waals surface area contributed by atoms with Crippen LogP contribution >= 0.6 is 11.6 Å². The third kappa shape index (κ3) is 5.48. The molecule has 3 rings (SSSR count). The van der Waals surface area contributed by atoms with Crippen molar-refractivity contribution in [3.8, 4) is 0 Å². The number of carbonyl (C=O) groups excluding carboxylic acids is 3. The Balaban J connectivity index is 1.85. The number of likely N-dealkylation sites (N-methyl/N-ethyl adjacent to an activating group) is 1. The SMILES string of the molecule is CN[C@@H](C)C(=O)N[C@H](C(=O)N1c2ncccc2C[C@@H]1OC(=O)Nc1c(C)cccc1Cl)C(C)C. The minimum Gasteiger partial charge on any atom is -0.424 e. The average Bonchev–Trinajstić information content (AvgIpc) is 3.16. The van der Waals surface area contributed by atoms with Crippen LogP contribution in [0.4, 0.5) is 16.3 Å². The first kappa shape index (κ1) is 25.5. The van der Waals surface area contributed by atoms with Crippen LogP contribution in [0.1, 0.15) is 31.9 Å². The van der Waals surface area contributed by atoms with E-state index in [-0.39, 0.29) is 18.2 Å². The lowest BCUT2D eigenvalue weighted by Gasteiger charge is -2.31. The van der Waals surface area contributed by atoms with E-state index in [0.29, 0.717) is 16.5 Å².